The van der Waals surface area contributed by atoms with Crippen LogP contribution in [-0.4, -0.2) is 86.5 Å². The third kappa shape index (κ3) is 6.59. The van der Waals surface area contributed by atoms with Gasteiger partial charge in [0.1, 0.15) is 5.75 Å². The second-order valence-electron chi connectivity index (χ2n) is 8.24. The van der Waals surface area contributed by atoms with Crippen LogP contribution in [0.5, 0.6) is 5.75 Å². The highest BCUT2D eigenvalue weighted by atomic mass is 19.4. The molecule has 0 unspecified atom stereocenters. The van der Waals surface area contributed by atoms with E-state index in [0.717, 1.165) is 57.1 Å². The van der Waals surface area contributed by atoms with Crippen LogP contribution in [0.25, 0.3) is 0 Å². The van der Waals surface area contributed by atoms with Crippen LogP contribution in [0.4, 0.5) is 13.2 Å². The Hall–Kier alpha value is -2.33. The molecule has 0 aromatic heterocycles. The van der Waals surface area contributed by atoms with Crippen LogP contribution >= 0.6 is 0 Å². The zero-order valence-electron chi connectivity index (χ0n) is 18.7. The smallest absolute Gasteiger partial charge is 0.490 e. The molecule has 2 heterocycles. The molecule has 2 saturated heterocycles. The zero-order chi connectivity index (χ0) is 23.9. The first-order valence-corrected chi connectivity index (χ1v) is 10.5. The van der Waals surface area contributed by atoms with Gasteiger partial charge in [0.2, 0.25) is 5.91 Å². The Labute approximate surface area is 186 Å². The SMILES string of the molecule is CCN1C[C@@H](COC)[C@]2(CCN(C(=O)Cc3cccc(OC)c3)C2)C1.O=C(O)C(F)(F)F. The van der Waals surface area contributed by atoms with Gasteiger partial charge in [-0.2, -0.15) is 13.2 Å². The van der Waals surface area contributed by atoms with Crippen molar-refractivity contribution in [1.82, 2.24) is 9.80 Å². The van der Waals surface area contributed by atoms with Crippen molar-refractivity contribution >= 4 is 11.9 Å². The van der Waals surface area contributed by atoms with Gasteiger partial charge in [0.05, 0.1) is 20.1 Å². The maximum atomic E-state index is 12.8. The van der Waals surface area contributed by atoms with E-state index in [1.165, 1.54) is 0 Å². The highest BCUT2D eigenvalue weighted by Crippen LogP contribution is 2.44. The maximum Gasteiger partial charge on any atom is 0.490 e. The molecule has 2 aliphatic heterocycles. The van der Waals surface area contributed by atoms with E-state index in [0.29, 0.717) is 12.3 Å². The molecule has 2 fully saturated rings. The average Bonchev–Trinajstić information content (AvgIpc) is 3.32. The third-order valence-corrected chi connectivity index (χ3v) is 6.17. The van der Waals surface area contributed by atoms with Gasteiger partial charge in [0.15, 0.2) is 0 Å². The number of rotatable bonds is 6. The molecule has 3 rings (SSSR count). The minimum atomic E-state index is -5.08. The molecule has 2 atom stereocenters. The molecule has 0 saturated carbocycles. The molecule has 1 aromatic carbocycles. The number of likely N-dealkylation sites (tertiary alicyclic amines) is 2. The Kier molecular flexibility index (Phi) is 8.91. The molecule has 0 radical (unpaired) electrons. The summed E-state index contributed by atoms with van der Waals surface area (Å²) < 4.78 is 42.5. The highest BCUT2D eigenvalue weighted by molar-refractivity contribution is 5.79. The Morgan fingerprint density at radius 3 is 2.50 bits per heavy atom. The minimum absolute atomic E-state index is 0.204. The minimum Gasteiger partial charge on any atom is -0.497 e. The predicted octanol–water partition coefficient (Wildman–Crippen LogP) is 2.69. The van der Waals surface area contributed by atoms with Gasteiger partial charge in [-0.3, -0.25) is 4.79 Å². The zero-order valence-corrected chi connectivity index (χ0v) is 18.7. The number of hydrogen-bond donors (Lipinski definition) is 1. The van der Waals surface area contributed by atoms with Crippen LogP contribution in [-0.2, 0) is 20.7 Å². The van der Waals surface area contributed by atoms with Crippen LogP contribution in [0.3, 0.4) is 0 Å². The van der Waals surface area contributed by atoms with Crippen molar-refractivity contribution in [2.24, 2.45) is 11.3 Å². The van der Waals surface area contributed by atoms with Crippen molar-refractivity contribution < 1.29 is 37.3 Å². The largest absolute Gasteiger partial charge is 0.497 e. The second-order valence-corrected chi connectivity index (χ2v) is 8.24. The van der Waals surface area contributed by atoms with Crippen LogP contribution < -0.4 is 4.74 Å². The van der Waals surface area contributed by atoms with Crippen LogP contribution in [0.15, 0.2) is 24.3 Å². The topological polar surface area (TPSA) is 79.3 Å². The standard InChI is InChI=1S/C20H30N2O3.C2HF3O2/c1-4-21-12-17(13-24-2)20(14-21)8-9-22(15-20)19(23)11-16-6-5-7-18(10-16)25-3;3-2(4,5)1(6)7/h5-7,10,17H,4,8-9,11-15H2,1-3H3;(H,6,7)/t17-,20+;/m0./s1. The summed E-state index contributed by atoms with van der Waals surface area (Å²) in [7, 11) is 3.43. The number of carbonyl (C=O) groups excluding carboxylic acids is 1. The van der Waals surface area contributed by atoms with E-state index < -0.39 is 12.1 Å². The van der Waals surface area contributed by atoms with Gasteiger partial charge >= 0.3 is 12.1 Å². The lowest BCUT2D eigenvalue weighted by molar-refractivity contribution is -0.192. The molecule has 1 spiro atoms. The summed E-state index contributed by atoms with van der Waals surface area (Å²) in [6, 6.07) is 7.80. The quantitative estimate of drug-likeness (QED) is 0.703. The van der Waals surface area contributed by atoms with E-state index in [-0.39, 0.29) is 11.3 Å². The Morgan fingerprint density at radius 2 is 1.94 bits per heavy atom. The molecular formula is C22H31F3N2O5. The normalized spacial score (nSPS) is 23.2. The molecular weight excluding hydrogens is 429 g/mol. The molecule has 7 nitrogen and oxygen atoms in total. The van der Waals surface area contributed by atoms with E-state index >= 15 is 0 Å². The van der Waals surface area contributed by atoms with E-state index in [1.54, 1.807) is 14.2 Å². The lowest BCUT2D eigenvalue weighted by Crippen LogP contribution is -2.38. The Balaban J connectivity index is 0.000000451. The van der Waals surface area contributed by atoms with Crippen molar-refractivity contribution in [3.63, 3.8) is 0 Å². The van der Waals surface area contributed by atoms with Crippen molar-refractivity contribution in [3.8, 4) is 5.75 Å². The number of halogens is 3. The number of hydrogen-bond acceptors (Lipinski definition) is 5. The van der Waals surface area contributed by atoms with E-state index in [2.05, 4.69) is 16.7 Å². The van der Waals surface area contributed by atoms with Crippen molar-refractivity contribution in [1.29, 1.82) is 0 Å². The summed E-state index contributed by atoms with van der Waals surface area (Å²) in [5.41, 5.74) is 1.22. The van der Waals surface area contributed by atoms with Crippen molar-refractivity contribution in [2.45, 2.75) is 25.9 Å². The molecule has 1 N–H and O–H groups in total. The summed E-state index contributed by atoms with van der Waals surface area (Å²) in [6.45, 7) is 7.96. The van der Waals surface area contributed by atoms with Gasteiger partial charge in [0.25, 0.3) is 0 Å². The van der Waals surface area contributed by atoms with E-state index in [1.807, 2.05) is 24.3 Å². The molecule has 1 amide bonds. The van der Waals surface area contributed by atoms with Gasteiger partial charge in [-0.1, -0.05) is 19.1 Å². The van der Waals surface area contributed by atoms with Crippen LogP contribution in [0, 0.1) is 11.3 Å². The fourth-order valence-electron chi connectivity index (χ4n) is 4.46. The van der Waals surface area contributed by atoms with Crippen LogP contribution in [0.1, 0.15) is 18.9 Å². The number of carboxylic acids is 1. The summed E-state index contributed by atoms with van der Waals surface area (Å²) in [5, 5.41) is 7.12. The number of ether oxygens (including phenoxy) is 2. The summed E-state index contributed by atoms with van der Waals surface area (Å²) in [6.07, 6.45) is -3.55. The number of aliphatic carboxylic acids is 1. The number of carbonyl (C=O) groups is 2. The van der Waals surface area contributed by atoms with E-state index in [9.17, 15) is 18.0 Å². The summed E-state index contributed by atoms with van der Waals surface area (Å²) in [4.78, 5) is 26.3. The second kappa shape index (κ2) is 11.0. The van der Waals surface area contributed by atoms with Crippen molar-refractivity contribution in [3.05, 3.63) is 29.8 Å². The molecule has 2 aliphatic rings. The maximum absolute atomic E-state index is 12.8. The summed E-state index contributed by atoms with van der Waals surface area (Å²) in [5.74, 6) is -1.21. The summed E-state index contributed by atoms with van der Waals surface area (Å²) >= 11 is 0. The number of nitrogens with zero attached hydrogens (tertiary/aromatic N) is 2. The molecule has 32 heavy (non-hydrogen) atoms. The Bertz CT molecular complexity index is 789. The number of carboxylic acid groups (broad SMARTS) is 1. The molecule has 0 bridgehead atoms. The predicted molar refractivity (Wildman–Crippen MR) is 111 cm³/mol. The molecule has 0 aliphatic carbocycles. The Morgan fingerprint density at radius 1 is 1.25 bits per heavy atom. The molecule has 1 aromatic rings. The lowest BCUT2D eigenvalue weighted by atomic mass is 9.77. The number of benzene rings is 1. The fourth-order valence-corrected chi connectivity index (χ4v) is 4.46. The molecule has 10 heteroatoms. The first-order chi connectivity index (χ1) is 15.0. The van der Waals surface area contributed by atoms with Crippen LogP contribution in [0.2, 0.25) is 0 Å². The van der Waals surface area contributed by atoms with Gasteiger partial charge in [0, 0.05) is 44.6 Å². The van der Waals surface area contributed by atoms with Gasteiger partial charge in [-0.05, 0) is 30.7 Å². The fraction of sp³-hybridized carbons (Fsp3) is 0.636. The monoisotopic (exact) mass is 460 g/mol. The first-order valence-electron chi connectivity index (χ1n) is 10.5. The van der Waals surface area contributed by atoms with Crippen molar-refractivity contribution in [2.75, 3.05) is 53.6 Å². The van der Waals surface area contributed by atoms with Gasteiger partial charge < -0.3 is 24.4 Å². The number of alkyl halides is 3. The lowest BCUT2D eigenvalue weighted by Gasteiger charge is -2.30. The third-order valence-electron chi connectivity index (χ3n) is 6.17. The number of amides is 1. The number of methoxy groups -OCH3 is 2. The molecule has 180 valence electrons. The van der Waals surface area contributed by atoms with Gasteiger partial charge in [-0.15, -0.1) is 0 Å². The highest BCUT2D eigenvalue weighted by Gasteiger charge is 2.50. The average molecular weight is 460 g/mol. The van der Waals surface area contributed by atoms with Gasteiger partial charge in [-0.25, -0.2) is 4.79 Å². The first kappa shape index (κ1) is 25.9. The van der Waals surface area contributed by atoms with E-state index in [4.69, 9.17) is 19.4 Å².